The molecule has 8 aliphatic rings. The fraction of sp³-hybridized carbons (Fsp3) is 0.537. The predicted molar refractivity (Wildman–Crippen MR) is 467 cm³/mol. The van der Waals surface area contributed by atoms with Gasteiger partial charge < -0.3 is 42.5 Å². The first-order chi connectivity index (χ1) is 57.0. The molecule has 8 aromatic rings. The number of likely N-dealkylation sites (tertiary alicyclic amines) is 4. The number of aryl methyl sites for hydroxylation is 8. The summed E-state index contributed by atoms with van der Waals surface area (Å²) < 4.78 is 0. The van der Waals surface area contributed by atoms with Crippen molar-refractivity contribution in [3.05, 3.63) is 127 Å². The number of urea groups is 4. The second kappa shape index (κ2) is 36.6. The summed E-state index contributed by atoms with van der Waals surface area (Å²) in [5.74, 6) is 2.24. The Morgan fingerprint density at radius 3 is 0.775 bits per heavy atom. The van der Waals surface area contributed by atoms with E-state index in [4.69, 9.17) is 0 Å². The number of piperidine rings is 4. The number of carbonyl (C=O) groups excluding carboxylic acids is 8. The van der Waals surface area contributed by atoms with Crippen molar-refractivity contribution in [1.82, 2.24) is 90.7 Å². The number of thiazole rings is 4. The first-order valence-corrected chi connectivity index (χ1v) is 44.1. The molecule has 0 aromatic carbocycles. The lowest BCUT2D eigenvalue weighted by molar-refractivity contribution is -0.115. The van der Waals surface area contributed by atoms with Gasteiger partial charge in [-0.25, -0.2) is 59.0 Å². The average Bonchev–Trinajstić information content (AvgIpc) is 1.63. The van der Waals surface area contributed by atoms with E-state index in [2.05, 4.69) is 140 Å². The number of pyridine rings is 2. The van der Waals surface area contributed by atoms with Gasteiger partial charge in [-0.1, -0.05) is 0 Å². The molecule has 4 spiro atoms. The van der Waals surface area contributed by atoms with Crippen LogP contribution in [0.3, 0.4) is 0 Å². The number of amides is 12. The molecule has 16 rings (SSSR count). The Hall–Kier alpha value is -10.2. The summed E-state index contributed by atoms with van der Waals surface area (Å²) in [7, 11) is 0. The zero-order valence-electron chi connectivity index (χ0n) is 71.2. The lowest BCUT2D eigenvalue weighted by Gasteiger charge is -2.41. The normalized spacial score (nSPS) is 19.7. The molecule has 8 N–H and O–H groups in total. The molecule has 8 aromatic heterocycles. The third-order valence-corrected chi connectivity index (χ3v) is 27.9. The summed E-state index contributed by atoms with van der Waals surface area (Å²) in [6.07, 6.45) is 14.5. The van der Waals surface area contributed by atoms with Crippen LogP contribution >= 0.6 is 45.3 Å². The van der Waals surface area contributed by atoms with Gasteiger partial charge in [0, 0.05) is 206 Å². The summed E-state index contributed by atoms with van der Waals surface area (Å²) in [4.78, 5) is 161. The standard InChI is InChI=1S/2C21H28N6O2S.2C20H27N7O2S/c2*1-13-9-17(10-14(2)23-13)27-12-21(25-20(27)29)5-7-26(8-6-21)15(3)18-11-22-19(30-18)24-16(4)28;2*1-12-9-17(23-14(3)22-12)27-11-20(25-19(27)29)5-7-26(8-6-20)13(2)16-10-21-18(30-16)24-15(4)28/h2*9-11,15H,5-8,12H2,1-4H3,(H,25,29)(H,22,24,28);2*9-10,13H,5-8,11H2,1-4H3,(H,25,29)(H,21,24,28)/t2*15-;2*13-/m1010/s1. The van der Waals surface area contributed by atoms with Crippen LogP contribution in [0, 0.1) is 55.4 Å². The molecule has 38 heteroatoms. The van der Waals surface area contributed by atoms with Crippen LogP contribution in [0.25, 0.3) is 0 Å². The second-order valence-corrected chi connectivity index (χ2v) is 37.3. The van der Waals surface area contributed by atoms with Crippen LogP contribution in [0.2, 0.25) is 0 Å². The van der Waals surface area contributed by atoms with E-state index in [1.165, 1.54) is 73.0 Å². The number of nitrogens with zero attached hydrogens (tertiary/aromatic N) is 18. The highest BCUT2D eigenvalue weighted by Gasteiger charge is 2.50. The van der Waals surface area contributed by atoms with E-state index in [9.17, 15) is 38.4 Å². The SMILES string of the molecule is CC(=O)Nc1ncc([C@@H](C)N2CCC3(CC2)CN(c2cc(C)nc(C)c2)C(=O)N3)s1.CC(=O)Nc1ncc([C@@H](C)N2CCC3(CC2)CN(c2cc(C)nc(C)n2)C(=O)N3)s1.CC(=O)Nc1ncc([C@H](C)N2CCC3(CC2)CN(c2cc(C)nc(C)c2)C(=O)N3)s1.CC(=O)Nc1ncc([C@H](C)N2CCC3(CC2)CN(c2cc(C)nc(C)n2)C(=O)N3)s1. The Kier molecular flexibility index (Phi) is 26.7. The van der Waals surface area contributed by atoms with Crippen molar-refractivity contribution in [1.29, 1.82) is 0 Å². The van der Waals surface area contributed by atoms with Crippen LogP contribution < -0.4 is 62.1 Å². The Morgan fingerprint density at radius 1 is 0.333 bits per heavy atom. The molecule has 8 saturated heterocycles. The van der Waals surface area contributed by atoms with E-state index in [1.807, 2.05) is 126 Å². The number of rotatable bonds is 16. The van der Waals surface area contributed by atoms with Crippen molar-refractivity contribution >= 4 is 137 Å². The summed E-state index contributed by atoms with van der Waals surface area (Å²) in [5, 5.41) is 26.5. The molecule has 0 radical (unpaired) electrons. The second-order valence-electron chi connectivity index (χ2n) is 33.1. The fourth-order valence-electron chi connectivity index (χ4n) is 17.2. The minimum Gasteiger partial charge on any atom is -0.330 e. The molecule has 12 amide bonds. The first kappa shape index (κ1) is 87.6. The van der Waals surface area contributed by atoms with Crippen molar-refractivity contribution in [3.63, 3.8) is 0 Å². The van der Waals surface area contributed by atoms with Gasteiger partial charge in [0.2, 0.25) is 23.6 Å². The lowest BCUT2D eigenvalue weighted by Crippen LogP contribution is -2.52. The van der Waals surface area contributed by atoms with Gasteiger partial charge in [0.25, 0.3) is 0 Å². The van der Waals surface area contributed by atoms with E-state index >= 15 is 0 Å². The quantitative estimate of drug-likeness (QED) is 0.0445. The highest BCUT2D eigenvalue weighted by molar-refractivity contribution is 7.16. The number of aromatic nitrogens is 10. The maximum Gasteiger partial charge on any atom is 0.323 e. The van der Waals surface area contributed by atoms with Crippen LogP contribution in [0.15, 0.2) is 61.2 Å². The Morgan fingerprint density at radius 2 is 0.550 bits per heavy atom. The Labute approximate surface area is 715 Å². The molecular formula is C82H110N26O8S4. The minimum atomic E-state index is -0.227. The van der Waals surface area contributed by atoms with Crippen LogP contribution in [-0.2, 0) is 19.2 Å². The highest BCUT2D eigenvalue weighted by Crippen LogP contribution is 2.42. The Bertz CT molecular complexity index is 4410. The van der Waals surface area contributed by atoms with Gasteiger partial charge in [0.1, 0.15) is 23.3 Å². The molecule has 0 saturated carbocycles. The van der Waals surface area contributed by atoms with Gasteiger partial charge in [-0.05, 0) is 159 Å². The zero-order chi connectivity index (χ0) is 85.9. The molecule has 0 bridgehead atoms. The lowest BCUT2D eigenvalue weighted by atomic mass is 9.87. The van der Waals surface area contributed by atoms with Crippen LogP contribution in [0.1, 0.15) is 196 Å². The molecule has 120 heavy (non-hydrogen) atoms. The van der Waals surface area contributed by atoms with E-state index in [-0.39, 0.29) is 94.1 Å². The summed E-state index contributed by atoms with van der Waals surface area (Å²) in [6, 6.07) is 12.3. The van der Waals surface area contributed by atoms with Crippen molar-refractivity contribution in [2.24, 2.45) is 0 Å². The zero-order valence-corrected chi connectivity index (χ0v) is 74.4. The maximum absolute atomic E-state index is 12.7. The minimum absolute atomic E-state index is 0.0242. The topological polar surface area (TPSA) is 388 Å². The van der Waals surface area contributed by atoms with E-state index in [1.54, 1.807) is 9.80 Å². The number of nitrogens with one attached hydrogen (secondary N) is 8. The van der Waals surface area contributed by atoms with Gasteiger partial charge >= 0.3 is 24.1 Å². The molecule has 0 aliphatic carbocycles. The Balaban J connectivity index is 0.000000138. The number of hydrogen-bond donors (Lipinski definition) is 8. The number of hydrogen-bond acceptors (Lipinski definition) is 26. The van der Waals surface area contributed by atoms with Gasteiger partial charge in [-0.2, -0.15) is 0 Å². The molecule has 0 unspecified atom stereocenters. The van der Waals surface area contributed by atoms with Crippen LogP contribution in [0.4, 0.5) is 62.7 Å². The molecular weight excluding hydrogens is 1610 g/mol. The van der Waals surface area contributed by atoms with Crippen LogP contribution in [0.5, 0.6) is 0 Å². The summed E-state index contributed by atoms with van der Waals surface area (Å²) >= 11 is 6.06. The van der Waals surface area contributed by atoms with Gasteiger partial charge in [0.15, 0.2) is 20.5 Å². The molecule has 4 atom stereocenters. The van der Waals surface area contributed by atoms with Crippen molar-refractivity contribution in [2.75, 3.05) is 119 Å². The van der Waals surface area contributed by atoms with Crippen LogP contribution in [-0.4, -0.2) is 218 Å². The van der Waals surface area contributed by atoms with E-state index in [0.29, 0.717) is 70.0 Å². The monoisotopic (exact) mass is 1710 g/mol. The fourth-order valence-corrected chi connectivity index (χ4v) is 21.0. The van der Waals surface area contributed by atoms with Crippen molar-refractivity contribution < 1.29 is 38.4 Å². The molecule has 8 aliphatic heterocycles. The van der Waals surface area contributed by atoms with Gasteiger partial charge in [-0.3, -0.25) is 68.3 Å². The third-order valence-electron chi connectivity index (χ3n) is 23.6. The smallest absolute Gasteiger partial charge is 0.323 e. The maximum atomic E-state index is 12.7. The highest BCUT2D eigenvalue weighted by atomic mass is 32.1. The van der Waals surface area contributed by atoms with E-state index < -0.39 is 0 Å². The van der Waals surface area contributed by atoms with E-state index in [0.717, 1.165) is 169 Å². The molecule has 8 fully saturated rings. The largest absolute Gasteiger partial charge is 0.330 e. The average molecular weight is 1720 g/mol. The number of carbonyl (C=O) groups is 8. The number of anilines is 8. The third kappa shape index (κ3) is 21.0. The predicted octanol–water partition coefficient (Wildman–Crippen LogP) is 11.7. The molecule has 16 heterocycles. The summed E-state index contributed by atoms with van der Waals surface area (Å²) in [5.41, 5.74) is 6.41. The molecule has 640 valence electrons. The molecule has 34 nitrogen and oxygen atoms in total. The van der Waals surface area contributed by atoms with Gasteiger partial charge in [0.05, 0.1) is 48.3 Å². The summed E-state index contributed by atoms with van der Waals surface area (Å²) in [6.45, 7) is 39.7. The van der Waals surface area contributed by atoms with Crippen molar-refractivity contribution in [3.8, 4) is 0 Å². The first-order valence-electron chi connectivity index (χ1n) is 40.8. The van der Waals surface area contributed by atoms with Gasteiger partial charge in [-0.15, -0.1) is 45.3 Å². The van der Waals surface area contributed by atoms with Crippen molar-refractivity contribution in [2.45, 2.75) is 208 Å².